The third kappa shape index (κ3) is 2.90. The first-order valence-corrected chi connectivity index (χ1v) is 5.99. The summed E-state index contributed by atoms with van der Waals surface area (Å²) in [4.78, 5) is 11.2. The fourth-order valence-electron chi connectivity index (χ4n) is 1.59. The minimum Gasteiger partial charge on any atom is -0.457 e. The molecular formula is C15H13ClO2. The van der Waals surface area contributed by atoms with Gasteiger partial charge in [-0.15, -0.1) is 0 Å². The van der Waals surface area contributed by atoms with Crippen molar-refractivity contribution >= 4 is 17.4 Å². The maximum Gasteiger partial charge on any atom is 0.161 e. The van der Waals surface area contributed by atoms with Gasteiger partial charge < -0.3 is 4.74 Å². The standard InChI is InChI=1S/C15H13ClO2/c1-10-3-5-12(6-4-10)18-13-7-8-14(11(2)17)15(16)9-13/h3-9H,1-2H3. The minimum atomic E-state index is -0.0538. The quantitative estimate of drug-likeness (QED) is 0.752. The Labute approximate surface area is 111 Å². The fraction of sp³-hybridized carbons (Fsp3) is 0.133. The summed E-state index contributed by atoms with van der Waals surface area (Å²) in [6, 6.07) is 12.8. The second kappa shape index (κ2) is 5.23. The number of carbonyl (C=O) groups is 1. The molecule has 0 amide bonds. The first kappa shape index (κ1) is 12.7. The van der Waals surface area contributed by atoms with Crippen molar-refractivity contribution in [3.63, 3.8) is 0 Å². The molecular weight excluding hydrogens is 248 g/mol. The molecule has 2 nitrogen and oxygen atoms in total. The topological polar surface area (TPSA) is 26.3 Å². The van der Waals surface area contributed by atoms with Crippen molar-refractivity contribution in [1.29, 1.82) is 0 Å². The Bertz CT molecular complexity index is 574. The summed E-state index contributed by atoms with van der Waals surface area (Å²) in [7, 11) is 0. The Morgan fingerprint density at radius 2 is 1.67 bits per heavy atom. The van der Waals surface area contributed by atoms with Crippen molar-refractivity contribution < 1.29 is 9.53 Å². The average molecular weight is 261 g/mol. The van der Waals surface area contributed by atoms with Crippen molar-refractivity contribution in [2.75, 3.05) is 0 Å². The van der Waals surface area contributed by atoms with E-state index >= 15 is 0 Å². The van der Waals surface area contributed by atoms with Crippen LogP contribution >= 0.6 is 11.6 Å². The second-order valence-electron chi connectivity index (χ2n) is 4.11. The number of halogens is 1. The average Bonchev–Trinajstić information content (AvgIpc) is 2.32. The van der Waals surface area contributed by atoms with Crippen LogP contribution in [-0.4, -0.2) is 5.78 Å². The van der Waals surface area contributed by atoms with Gasteiger partial charge in [0.2, 0.25) is 0 Å². The monoisotopic (exact) mass is 260 g/mol. The molecule has 2 aromatic rings. The van der Waals surface area contributed by atoms with Crippen LogP contribution in [0.25, 0.3) is 0 Å². The number of hydrogen-bond donors (Lipinski definition) is 0. The largest absolute Gasteiger partial charge is 0.457 e. The van der Waals surface area contributed by atoms with Gasteiger partial charge in [-0.3, -0.25) is 4.79 Å². The van der Waals surface area contributed by atoms with Crippen LogP contribution in [0.3, 0.4) is 0 Å². The molecule has 0 atom stereocenters. The van der Waals surface area contributed by atoms with Crippen molar-refractivity contribution in [3.8, 4) is 11.5 Å². The van der Waals surface area contributed by atoms with E-state index in [1.807, 2.05) is 31.2 Å². The molecule has 2 rings (SSSR count). The van der Waals surface area contributed by atoms with Crippen molar-refractivity contribution in [2.24, 2.45) is 0 Å². The second-order valence-corrected chi connectivity index (χ2v) is 4.52. The van der Waals surface area contributed by atoms with Crippen molar-refractivity contribution in [1.82, 2.24) is 0 Å². The summed E-state index contributed by atoms with van der Waals surface area (Å²) in [5.74, 6) is 1.31. The summed E-state index contributed by atoms with van der Waals surface area (Å²) in [5.41, 5.74) is 1.68. The predicted octanol–water partition coefficient (Wildman–Crippen LogP) is 4.64. The highest BCUT2D eigenvalue weighted by atomic mass is 35.5. The molecule has 18 heavy (non-hydrogen) atoms. The van der Waals surface area contributed by atoms with E-state index < -0.39 is 0 Å². The molecule has 0 fully saturated rings. The number of ketones is 1. The highest BCUT2D eigenvalue weighted by Gasteiger charge is 2.07. The van der Waals surface area contributed by atoms with E-state index in [1.54, 1.807) is 18.2 Å². The van der Waals surface area contributed by atoms with E-state index in [2.05, 4.69) is 0 Å². The summed E-state index contributed by atoms with van der Waals surface area (Å²) >= 11 is 6.02. The molecule has 92 valence electrons. The van der Waals surface area contributed by atoms with Crippen LogP contribution < -0.4 is 4.74 Å². The Hall–Kier alpha value is -1.80. The normalized spacial score (nSPS) is 10.2. The maximum atomic E-state index is 11.2. The van der Waals surface area contributed by atoms with Gasteiger partial charge >= 0.3 is 0 Å². The number of Topliss-reactive ketones (excluding diaryl/α,β-unsaturated/α-hetero) is 1. The lowest BCUT2D eigenvalue weighted by Crippen LogP contribution is -1.93. The molecule has 0 radical (unpaired) electrons. The smallest absolute Gasteiger partial charge is 0.161 e. The molecule has 0 saturated heterocycles. The molecule has 0 unspecified atom stereocenters. The number of hydrogen-bond acceptors (Lipinski definition) is 2. The maximum absolute atomic E-state index is 11.2. The lowest BCUT2D eigenvalue weighted by molar-refractivity contribution is 0.101. The number of ether oxygens (including phenoxy) is 1. The Kier molecular flexibility index (Phi) is 3.68. The van der Waals surface area contributed by atoms with Crippen LogP contribution in [0.5, 0.6) is 11.5 Å². The highest BCUT2D eigenvalue weighted by Crippen LogP contribution is 2.27. The van der Waals surface area contributed by atoms with E-state index in [0.717, 1.165) is 5.75 Å². The third-order valence-electron chi connectivity index (χ3n) is 2.58. The van der Waals surface area contributed by atoms with Gasteiger partial charge in [0.05, 0.1) is 5.02 Å². The number of carbonyl (C=O) groups excluding carboxylic acids is 1. The summed E-state index contributed by atoms with van der Waals surface area (Å²) in [6.45, 7) is 3.50. The Morgan fingerprint density at radius 3 is 2.22 bits per heavy atom. The molecule has 0 aliphatic carbocycles. The van der Waals surface area contributed by atoms with Gasteiger partial charge in [-0.25, -0.2) is 0 Å². The molecule has 0 saturated carbocycles. The molecule has 0 heterocycles. The van der Waals surface area contributed by atoms with Crippen LogP contribution in [-0.2, 0) is 0 Å². The zero-order valence-electron chi connectivity index (χ0n) is 10.2. The zero-order chi connectivity index (χ0) is 13.1. The van der Waals surface area contributed by atoms with E-state index in [4.69, 9.17) is 16.3 Å². The van der Waals surface area contributed by atoms with Gasteiger partial charge in [0.15, 0.2) is 5.78 Å². The van der Waals surface area contributed by atoms with Gasteiger partial charge in [0.1, 0.15) is 11.5 Å². The van der Waals surface area contributed by atoms with Crippen LogP contribution in [0.15, 0.2) is 42.5 Å². The van der Waals surface area contributed by atoms with Crippen LogP contribution in [0, 0.1) is 6.92 Å². The van der Waals surface area contributed by atoms with Crippen molar-refractivity contribution in [3.05, 3.63) is 58.6 Å². The van der Waals surface area contributed by atoms with E-state index in [0.29, 0.717) is 16.3 Å². The molecule has 2 aromatic carbocycles. The summed E-state index contributed by atoms with van der Waals surface area (Å²) < 4.78 is 5.65. The minimum absolute atomic E-state index is 0.0538. The molecule has 0 aliphatic heterocycles. The van der Waals surface area contributed by atoms with Crippen LogP contribution in [0.4, 0.5) is 0 Å². The van der Waals surface area contributed by atoms with Gasteiger partial charge in [0, 0.05) is 11.6 Å². The van der Waals surface area contributed by atoms with E-state index in [-0.39, 0.29) is 5.78 Å². The SMILES string of the molecule is CC(=O)c1ccc(Oc2ccc(C)cc2)cc1Cl. The molecule has 0 bridgehead atoms. The third-order valence-corrected chi connectivity index (χ3v) is 2.89. The van der Waals surface area contributed by atoms with Crippen LogP contribution in [0.1, 0.15) is 22.8 Å². The molecule has 0 aromatic heterocycles. The summed E-state index contributed by atoms with van der Waals surface area (Å²) in [6.07, 6.45) is 0. The summed E-state index contributed by atoms with van der Waals surface area (Å²) in [5, 5.41) is 0.409. The fourth-order valence-corrected chi connectivity index (χ4v) is 1.89. The van der Waals surface area contributed by atoms with Crippen molar-refractivity contribution in [2.45, 2.75) is 13.8 Å². The Morgan fingerprint density at radius 1 is 1.06 bits per heavy atom. The molecule has 0 spiro atoms. The van der Waals surface area contributed by atoms with E-state index in [1.165, 1.54) is 12.5 Å². The van der Waals surface area contributed by atoms with Crippen LogP contribution in [0.2, 0.25) is 5.02 Å². The zero-order valence-corrected chi connectivity index (χ0v) is 11.0. The van der Waals surface area contributed by atoms with E-state index in [9.17, 15) is 4.79 Å². The van der Waals surface area contributed by atoms with Gasteiger partial charge in [-0.05, 0) is 38.1 Å². The number of aryl methyl sites for hydroxylation is 1. The molecule has 0 aliphatic rings. The first-order valence-electron chi connectivity index (χ1n) is 5.61. The van der Waals surface area contributed by atoms with Gasteiger partial charge in [-0.1, -0.05) is 29.3 Å². The molecule has 3 heteroatoms. The molecule has 0 N–H and O–H groups in total. The lowest BCUT2D eigenvalue weighted by atomic mass is 10.1. The lowest BCUT2D eigenvalue weighted by Gasteiger charge is -2.07. The van der Waals surface area contributed by atoms with Gasteiger partial charge in [-0.2, -0.15) is 0 Å². The Balaban J connectivity index is 2.22. The highest BCUT2D eigenvalue weighted by molar-refractivity contribution is 6.34. The predicted molar refractivity (Wildman–Crippen MR) is 72.7 cm³/mol. The van der Waals surface area contributed by atoms with Gasteiger partial charge in [0.25, 0.3) is 0 Å². The first-order chi connectivity index (χ1) is 8.56. The number of benzene rings is 2. The number of rotatable bonds is 3.